The summed E-state index contributed by atoms with van der Waals surface area (Å²) in [5.41, 5.74) is 0. The third kappa shape index (κ3) is 4.52. The summed E-state index contributed by atoms with van der Waals surface area (Å²) in [6.07, 6.45) is 2.72. The predicted octanol–water partition coefficient (Wildman–Crippen LogP) is 3.36. The summed E-state index contributed by atoms with van der Waals surface area (Å²) in [5, 5.41) is 5.46. The highest BCUT2D eigenvalue weighted by Crippen LogP contribution is 2.26. The molecule has 0 aliphatic carbocycles. The number of halogens is 2. The lowest BCUT2D eigenvalue weighted by molar-refractivity contribution is 0.168. The van der Waals surface area contributed by atoms with E-state index in [4.69, 9.17) is 0 Å². The molecule has 1 fully saturated rings. The third-order valence-electron chi connectivity index (χ3n) is 3.15. The van der Waals surface area contributed by atoms with Crippen molar-refractivity contribution in [1.82, 2.24) is 10.2 Å². The Labute approximate surface area is 122 Å². The molecule has 0 spiro atoms. The zero-order chi connectivity index (χ0) is 11.4. The minimum absolute atomic E-state index is 0. The summed E-state index contributed by atoms with van der Waals surface area (Å²) in [6, 6.07) is 2.15. The maximum Gasteiger partial charge on any atom is 0.0339 e. The van der Waals surface area contributed by atoms with Gasteiger partial charge >= 0.3 is 0 Å². The Kier molecular flexibility index (Phi) is 7.04. The molecule has 0 bridgehead atoms. The van der Waals surface area contributed by atoms with Gasteiger partial charge in [0.25, 0.3) is 0 Å². The molecule has 2 rings (SSSR count). The smallest absolute Gasteiger partial charge is 0.0339 e. The van der Waals surface area contributed by atoms with Crippen LogP contribution in [0.3, 0.4) is 0 Å². The van der Waals surface area contributed by atoms with E-state index in [2.05, 4.69) is 44.6 Å². The van der Waals surface area contributed by atoms with Gasteiger partial charge in [-0.2, -0.15) is 0 Å². The van der Waals surface area contributed by atoms with Crippen LogP contribution in [0.2, 0.25) is 0 Å². The summed E-state index contributed by atoms with van der Waals surface area (Å²) in [4.78, 5) is 4.05. The van der Waals surface area contributed by atoms with Crippen LogP contribution in [0.1, 0.15) is 17.7 Å². The van der Waals surface area contributed by atoms with Crippen LogP contribution >= 0.6 is 39.7 Å². The lowest BCUT2D eigenvalue weighted by Gasteiger charge is -2.32. The molecule has 0 amide bonds. The summed E-state index contributed by atoms with van der Waals surface area (Å²) in [7, 11) is 2.05. The zero-order valence-electron chi connectivity index (χ0n) is 10.1. The van der Waals surface area contributed by atoms with Crippen molar-refractivity contribution >= 4 is 39.7 Å². The Morgan fingerprint density at radius 1 is 1.59 bits per heavy atom. The van der Waals surface area contributed by atoms with Crippen molar-refractivity contribution < 1.29 is 0 Å². The lowest BCUT2D eigenvalue weighted by atomic mass is 9.98. The first-order valence-electron chi connectivity index (χ1n) is 5.88. The fourth-order valence-electron chi connectivity index (χ4n) is 2.39. The second-order valence-corrected chi connectivity index (χ2v) is 6.35. The monoisotopic (exact) mass is 338 g/mol. The fourth-order valence-corrected chi connectivity index (χ4v) is 3.91. The molecular weight excluding hydrogens is 320 g/mol. The van der Waals surface area contributed by atoms with Crippen molar-refractivity contribution in [3.8, 4) is 0 Å². The average Bonchev–Trinajstić information content (AvgIpc) is 2.66. The van der Waals surface area contributed by atoms with Crippen molar-refractivity contribution in [3.63, 3.8) is 0 Å². The van der Waals surface area contributed by atoms with Crippen molar-refractivity contribution in [1.29, 1.82) is 0 Å². The van der Waals surface area contributed by atoms with Crippen molar-refractivity contribution in [2.24, 2.45) is 5.92 Å². The van der Waals surface area contributed by atoms with E-state index in [1.54, 1.807) is 0 Å². The van der Waals surface area contributed by atoms with Gasteiger partial charge in [-0.05, 0) is 66.3 Å². The fraction of sp³-hybridized carbons (Fsp3) is 0.667. The summed E-state index contributed by atoms with van der Waals surface area (Å²) < 4.78 is 1.27. The van der Waals surface area contributed by atoms with Gasteiger partial charge in [-0.15, -0.1) is 23.7 Å². The average molecular weight is 340 g/mol. The molecule has 2 nitrogen and oxygen atoms in total. The topological polar surface area (TPSA) is 15.3 Å². The van der Waals surface area contributed by atoms with E-state index in [0.717, 1.165) is 19.0 Å². The molecule has 1 aliphatic rings. The van der Waals surface area contributed by atoms with Crippen LogP contribution in [0.5, 0.6) is 0 Å². The van der Waals surface area contributed by atoms with Gasteiger partial charge < -0.3 is 5.32 Å². The van der Waals surface area contributed by atoms with E-state index in [1.165, 1.54) is 35.3 Å². The Hall–Kier alpha value is 0.390. The van der Waals surface area contributed by atoms with E-state index < -0.39 is 0 Å². The molecule has 1 atom stereocenters. The second-order valence-electron chi connectivity index (χ2n) is 4.49. The first-order valence-corrected chi connectivity index (χ1v) is 7.55. The Bertz CT molecular complexity index is 330. The number of hydrogen-bond donors (Lipinski definition) is 1. The van der Waals surface area contributed by atoms with Gasteiger partial charge in [0, 0.05) is 22.4 Å². The zero-order valence-corrected chi connectivity index (χ0v) is 13.3. The highest BCUT2D eigenvalue weighted by Gasteiger charge is 2.20. The number of thiophene rings is 1. The van der Waals surface area contributed by atoms with Crippen LogP contribution in [0.25, 0.3) is 0 Å². The van der Waals surface area contributed by atoms with Gasteiger partial charge in [-0.25, -0.2) is 0 Å². The third-order valence-corrected chi connectivity index (χ3v) is 5.07. The molecule has 0 saturated carbocycles. The Morgan fingerprint density at radius 2 is 2.41 bits per heavy atom. The first-order chi connectivity index (χ1) is 7.79. The maximum absolute atomic E-state index is 3.61. The molecule has 1 aromatic heterocycles. The molecule has 0 aromatic carbocycles. The van der Waals surface area contributed by atoms with Crippen molar-refractivity contribution in [2.45, 2.75) is 19.4 Å². The van der Waals surface area contributed by atoms with E-state index in [9.17, 15) is 0 Å². The number of piperidine rings is 1. The molecule has 1 aromatic rings. The number of nitrogens with zero attached hydrogens (tertiary/aromatic N) is 1. The van der Waals surface area contributed by atoms with Crippen LogP contribution < -0.4 is 5.32 Å². The molecule has 98 valence electrons. The van der Waals surface area contributed by atoms with Crippen LogP contribution in [-0.4, -0.2) is 31.6 Å². The van der Waals surface area contributed by atoms with Crippen LogP contribution in [0, 0.1) is 5.92 Å². The number of rotatable bonds is 4. The van der Waals surface area contributed by atoms with E-state index in [-0.39, 0.29) is 12.4 Å². The molecule has 5 heteroatoms. The Balaban J connectivity index is 0.00000144. The van der Waals surface area contributed by atoms with E-state index in [1.807, 2.05) is 11.3 Å². The second kappa shape index (κ2) is 7.74. The molecule has 1 N–H and O–H groups in total. The van der Waals surface area contributed by atoms with Gasteiger partial charge in [-0.3, -0.25) is 4.90 Å². The van der Waals surface area contributed by atoms with Gasteiger partial charge in [0.2, 0.25) is 0 Å². The lowest BCUT2D eigenvalue weighted by Crippen LogP contribution is -2.38. The minimum Gasteiger partial charge on any atom is -0.319 e. The van der Waals surface area contributed by atoms with Gasteiger partial charge in [0.1, 0.15) is 0 Å². The van der Waals surface area contributed by atoms with Crippen molar-refractivity contribution in [3.05, 3.63) is 20.8 Å². The summed E-state index contributed by atoms with van der Waals surface area (Å²) >= 11 is 5.46. The predicted molar refractivity (Wildman–Crippen MR) is 81.2 cm³/mol. The molecular formula is C12H20BrClN2S. The Morgan fingerprint density at radius 3 is 3.06 bits per heavy atom. The summed E-state index contributed by atoms with van der Waals surface area (Å²) in [5.74, 6) is 0.831. The van der Waals surface area contributed by atoms with E-state index >= 15 is 0 Å². The minimum atomic E-state index is 0. The first kappa shape index (κ1) is 15.4. The van der Waals surface area contributed by atoms with Gasteiger partial charge in [-0.1, -0.05) is 0 Å². The molecule has 1 unspecified atom stereocenters. The molecule has 1 aliphatic heterocycles. The SMILES string of the molecule is CNCC1CCCN(Cc2sccc2Br)C1.Cl. The summed E-state index contributed by atoms with van der Waals surface area (Å²) in [6.45, 7) is 4.76. The van der Waals surface area contributed by atoms with E-state index in [0.29, 0.717) is 0 Å². The standard InChI is InChI=1S/C12H19BrN2S.ClH/c1-14-7-10-3-2-5-15(8-10)9-12-11(13)4-6-16-12;/h4,6,10,14H,2-3,5,7-9H2,1H3;1H. The maximum atomic E-state index is 3.61. The molecule has 1 saturated heterocycles. The van der Waals surface area contributed by atoms with Crippen molar-refractivity contribution in [2.75, 3.05) is 26.7 Å². The van der Waals surface area contributed by atoms with Crippen LogP contribution in [-0.2, 0) is 6.54 Å². The van der Waals surface area contributed by atoms with Gasteiger partial charge in [0.15, 0.2) is 0 Å². The normalized spacial score (nSPS) is 21.2. The van der Waals surface area contributed by atoms with Gasteiger partial charge in [0.05, 0.1) is 0 Å². The number of hydrogen-bond acceptors (Lipinski definition) is 3. The molecule has 2 heterocycles. The number of likely N-dealkylation sites (tertiary alicyclic amines) is 1. The number of nitrogens with one attached hydrogen (secondary N) is 1. The molecule has 0 radical (unpaired) electrons. The van der Waals surface area contributed by atoms with Crippen LogP contribution in [0.15, 0.2) is 15.9 Å². The highest BCUT2D eigenvalue weighted by molar-refractivity contribution is 9.10. The highest BCUT2D eigenvalue weighted by atomic mass is 79.9. The largest absolute Gasteiger partial charge is 0.319 e. The molecule has 17 heavy (non-hydrogen) atoms. The van der Waals surface area contributed by atoms with Crippen LogP contribution in [0.4, 0.5) is 0 Å². The quantitative estimate of drug-likeness (QED) is 0.905.